The van der Waals surface area contributed by atoms with Crippen LogP contribution in [-0.4, -0.2) is 58.5 Å². The first-order valence-electron chi connectivity index (χ1n) is 9.43. The van der Waals surface area contributed by atoms with Crippen LogP contribution in [0.15, 0.2) is 18.6 Å². The number of carbonyl (C=O) groups excluding carboxylic acids is 2. The lowest BCUT2D eigenvalue weighted by Crippen LogP contribution is -2.66. The number of aromatic nitrogens is 2. The second kappa shape index (κ2) is 8.12. The molecule has 7 nitrogen and oxygen atoms in total. The topological polar surface area (TPSA) is 84.4 Å². The summed E-state index contributed by atoms with van der Waals surface area (Å²) in [5.74, 6) is 0.889. The molecular weight excluding hydrogens is 332 g/mol. The van der Waals surface area contributed by atoms with E-state index >= 15 is 0 Å². The van der Waals surface area contributed by atoms with Gasteiger partial charge in [0, 0.05) is 25.4 Å². The van der Waals surface area contributed by atoms with Crippen molar-refractivity contribution in [2.45, 2.75) is 45.1 Å². The normalized spacial score (nSPS) is 21.5. The fourth-order valence-electron chi connectivity index (χ4n) is 3.47. The summed E-state index contributed by atoms with van der Waals surface area (Å²) < 4.78 is 6.08. The highest BCUT2D eigenvalue weighted by molar-refractivity contribution is 5.91. The highest BCUT2D eigenvalue weighted by Crippen LogP contribution is 2.36. The van der Waals surface area contributed by atoms with Crippen molar-refractivity contribution in [1.82, 2.24) is 20.2 Å². The molecule has 0 aliphatic carbocycles. The smallest absolute Gasteiger partial charge is 0.271 e. The minimum Gasteiger partial charge on any atom is -0.371 e. The fraction of sp³-hybridized carbons (Fsp3) is 0.684. The van der Waals surface area contributed by atoms with Gasteiger partial charge in [-0.25, -0.2) is 4.98 Å². The zero-order chi connectivity index (χ0) is 18.6. The van der Waals surface area contributed by atoms with E-state index in [2.05, 4.69) is 29.1 Å². The standard InChI is InChI=1S/C19H28N4O3/c1-14(2)3-4-17(24)23-12-19(13-23)6-5-15(11-26-19)9-22-18(25)16-10-20-7-8-21-16/h7-8,10,14-15H,3-6,9,11-13H2,1-2H3,(H,22,25)/t15-/m0/s1. The molecule has 2 saturated heterocycles. The predicted octanol–water partition coefficient (Wildman–Crippen LogP) is 1.65. The van der Waals surface area contributed by atoms with Crippen LogP contribution < -0.4 is 5.32 Å². The summed E-state index contributed by atoms with van der Waals surface area (Å²) in [5, 5.41) is 2.90. The molecule has 2 aliphatic heterocycles. The van der Waals surface area contributed by atoms with Crippen molar-refractivity contribution < 1.29 is 14.3 Å². The zero-order valence-corrected chi connectivity index (χ0v) is 15.6. The first kappa shape index (κ1) is 18.8. The predicted molar refractivity (Wildman–Crippen MR) is 96.4 cm³/mol. The summed E-state index contributed by atoms with van der Waals surface area (Å²) in [5.41, 5.74) is 0.175. The molecule has 0 saturated carbocycles. The summed E-state index contributed by atoms with van der Waals surface area (Å²) >= 11 is 0. The Bertz CT molecular complexity index is 619. The number of hydrogen-bond acceptors (Lipinski definition) is 5. The van der Waals surface area contributed by atoms with Gasteiger partial charge >= 0.3 is 0 Å². The lowest BCUT2D eigenvalue weighted by atomic mass is 9.82. The van der Waals surface area contributed by atoms with Crippen LogP contribution >= 0.6 is 0 Å². The zero-order valence-electron chi connectivity index (χ0n) is 15.6. The number of carbonyl (C=O) groups is 2. The van der Waals surface area contributed by atoms with E-state index in [1.807, 2.05) is 4.90 Å². The van der Waals surface area contributed by atoms with Crippen LogP contribution in [0.2, 0.25) is 0 Å². The average Bonchev–Trinajstić information content (AvgIpc) is 2.63. The molecule has 0 unspecified atom stereocenters. The van der Waals surface area contributed by atoms with E-state index in [1.165, 1.54) is 12.4 Å². The first-order chi connectivity index (χ1) is 12.5. The third-order valence-electron chi connectivity index (χ3n) is 5.23. The Labute approximate surface area is 154 Å². The third-order valence-corrected chi connectivity index (χ3v) is 5.23. The Morgan fingerprint density at radius 1 is 1.38 bits per heavy atom. The maximum atomic E-state index is 12.1. The third kappa shape index (κ3) is 4.58. The molecule has 3 rings (SSSR count). The maximum absolute atomic E-state index is 12.1. The molecular formula is C19H28N4O3. The van der Waals surface area contributed by atoms with E-state index in [-0.39, 0.29) is 17.4 Å². The molecule has 26 heavy (non-hydrogen) atoms. The van der Waals surface area contributed by atoms with Gasteiger partial charge in [-0.15, -0.1) is 0 Å². The number of nitrogens with one attached hydrogen (secondary N) is 1. The Hall–Kier alpha value is -2.02. The molecule has 1 aromatic rings. The number of amides is 2. The van der Waals surface area contributed by atoms with Crippen molar-refractivity contribution in [2.75, 3.05) is 26.2 Å². The molecule has 0 radical (unpaired) electrons. The Morgan fingerprint density at radius 2 is 2.19 bits per heavy atom. The quantitative estimate of drug-likeness (QED) is 0.834. The van der Waals surface area contributed by atoms with Crippen LogP contribution in [-0.2, 0) is 9.53 Å². The molecule has 1 spiro atoms. The van der Waals surface area contributed by atoms with Gasteiger partial charge in [0.1, 0.15) is 11.3 Å². The van der Waals surface area contributed by atoms with E-state index in [4.69, 9.17) is 4.74 Å². The van der Waals surface area contributed by atoms with Crippen molar-refractivity contribution in [3.63, 3.8) is 0 Å². The summed E-state index contributed by atoms with van der Waals surface area (Å²) in [6.45, 7) is 6.89. The SMILES string of the molecule is CC(C)CCC(=O)N1CC2(CC[C@@H](CNC(=O)c3cnccn3)CO2)C1. The maximum Gasteiger partial charge on any atom is 0.271 e. The van der Waals surface area contributed by atoms with Gasteiger partial charge in [0.2, 0.25) is 5.91 Å². The van der Waals surface area contributed by atoms with Gasteiger partial charge in [0.15, 0.2) is 0 Å². The first-order valence-corrected chi connectivity index (χ1v) is 9.43. The Morgan fingerprint density at radius 3 is 2.81 bits per heavy atom. The number of hydrogen-bond donors (Lipinski definition) is 1. The number of rotatable bonds is 6. The number of ether oxygens (including phenoxy) is 1. The largest absolute Gasteiger partial charge is 0.371 e. The van der Waals surface area contributed by atoms with Gasteiger partial charge in [0.05, 0.1) is 25.9 Å². The molecule has 2 fully saturated rings. The van der Waals surface area contributed by atoms with Gasteiger partial charge in [-0.05, 0) is 31.1 Å². The van der Waals surface area contributed by atoms with Gasteiger partial charge < -0.3 is 15.0 Å². The van der Waals surface area contributed by atoms with Crippen LogP contribution in [0.1, 0.15) is 50.0 Å². The molecule has 1 atom stereocenters. The van der Waals surface area contributed by atoms with Crippen molar-refractivity contribution in [3.05, 3.63) is 24.3 Å². The molecule has 1 aromatic heterocycles. The molecule has 142 valence electrons. The van der Waals surface area contributed by atoms with Gasteiger partial charge in [-0.1, -0.05) is 13.8 Å². The molecule has 2 amide bonds. The summed E-state index contributed by atoms with van der Waals surface area (Å²) in [6.07, 6.45) is 8.01. The summed E-state index contributed by atoms with van der Waals surface area (Å²) in [6, 6.07) is 0. The molecule has 3 heterocycles. The van der Waals surface area contributed by atoms with Gasteiger partial charge in [-0.3, -0.25) is 14.6 Å². The van der Waals surface area contributed by atoms with E-state index in [9.17, 15) is 9.59 Å². The summed E-state index contributed by atoms with van der Waals surface area (Å²) in [7, 11) is 0. The number of likely N-dealkylation sites (tertiary alicyclic amines) is 1. The Balaban J connectivity index is 1.36. The van der Waals surface area contributed by atoms with Crippen molar-refractivity contribution >= 4 is 11.8 Å². The van der Waals surface area contributed by atoms with Gasteiger partial charge in [-0.2, -0.15) is 0 Å². The minimum absolute atomic E-state index is 0.154. The molecule has 2 aliphatic rings. The average molecular weight is 360 g/mol. The highest BCUT2D eigenvalue weighted by atomic mass is 16.5. The van der Waals surface area contributed by atoms with Crippen molar-refractivity contribution in [3.8, 4) is 0 Å². The molecule has 0 bridgehead atoms. The molecule has 7 heteroatoms. The van der Waals surface area contributed by atoms with Crippen LogP contribution in [0.5, 0.6) is 0 Å². The molecule has 1 N–H and O–H groups in total. The van der Waals surface area contributed by atoms with Crippen LogP contribution in [0, 0.1) is 11.8 Å². The lowest BCUT2D eigenvalue weighted by Gasteiger charge is -2.52. The van der Waals surface area contributed by atoms with Crippen LogP contribution in [0.3, 0.4) is 0 Å². The lowest BCUT2D eigenvalue weighted by molar-refractivity contribution is -0.188. The monoisotopic (exact) mass is 360 g/mol. The second-order valence-electron chi connectivity index (χ2n) is 7.88. The van der Waals surface area contributed by atoms with Gasteiger partial charge in [0.25, 0.3) is 5.91 Å². The van der Waals surface area contributed by atoms with Crippen LogP contribution in [0.25, 0.3) is 0 Å². The van der Waals surface area contributed by atoms with Crippen molar-refractivity contribution in [1.29, 1.82) is 0 Å². The van der Waals surface area contributed by atoms with Crippen molar-refractivity contribution in [2.24, 2.45) is 11.8 Å². The molecule has 0 aromatic carbocycles. The van der Waals surface area contributed by atoms with E-state index in [0.29, 0.717) is 50.2 Å². The van der Waals surface area contributed by atoms with E-state index in [1.54, 1.807) is 6.20 Å². The summed E-state index contributed by atoms with van der Waals surface area (Å²) in [4.78, 5) is 34.0. The minimum atomic E-state index is -0.205. The highest BCUT2D eigenvalue weighted by Gasteiger charge is 2.48. The van der Waals surface area contributed by atoms with E-state index in [0.717, 1.165) is 19.3 Å². The Kier molecular flexibility index (Phi) is 5.86. The van der Waals surface area contributed by atoms with E-state index < -0.39 is 0 Å². The fourth-order valence-corrected chi connectivity index (χ4v) is 3.47. The second-order valence-corrected chi connectivity index (χ2v) is 7.88. The van der Waals surface area contributed by atoms with Crippen LogP contribution in [0.4, 0.5) is 0 Å². The number of nitrogens with zero attached hydrogens (tertiary/aromatic N) is 3.